The van der Waals surface area contributed by atoms with Crippen LogP contribution in [0.25, 0.3) is 10.4 Å². The first-order chi connectivity index (χ1) is 7.33. The van der Waals surface area contributed by atoms with Crippen LogP contribution < -0.4 is 5.32 Å². The fourth-order valence-electron chi connectivity index (χ4n) is 1.83. The van der Waals surface area contributed by atoms with Crippen LogP contribution in [-0.4, -0.2) is 17.6 Å². The van der Waals surface area contributed by atoms with Crippen molar-refractivity contribution in [1.29, 1.82) is 0 Å². The maximum Gasteiger partial charge on any atom is 0.0432 e. The average Bonchev–Trinajstić information content (AvgIpc) is 2.50. The molecule has 0 atom stereocenters. The predicted octanol–water partition coefficient (Wildman–Crippen LogP) is 4.02. The van der Waals surface area contributed by atoms with Gasteiger partial charge < -0.3 is 5.32 Å². The zero-order valence-corrected chi connectivity index (χ0v) is 11.4. The minimum absolute atomic E-state index is 0.191. The Balaban J connectivity index is 0.000000288. The molecule has 0 aromatic heterocycles. The number of nitrogens with one attached hydrogen (secondary N) is 1. The van der Waals surface area contributed by atoms with Gasteiger partial charge in [-0.25, -0.2) is 0 Å². The van der Waals surface area contributed by atoms with Crippen LogP contribution in [0.5, 0.6) is 0 Å². The molecule has 4 heteroatoms. The summed E-state index contributed by atoms with van der Waals surface area (Å²) in [7, 11) is 0. The summed E-state index contributed by atoms with van der Waals surface area (Å²) in [5.41, 5.74) is 8.34. The van der Waals surface area contributed by atoms with Gasteiger partial charge in [-0.15, -0.1) is 0 Å². The molecule has 1 saturated heterocycles. The Kier molecular flexibility index (Phi) is 6.46. The average molecular weight is 226 g/mol. The molecule has 1 rings (SSSR count). The Morgan fingerprint density at radius 3 is 2.31 bits per heavy atom. The highest BCUT2D eigenvalue weighted by Gasteiger charge is 2.20. The van der Waals surface area contributed by atoms with Gasteiger partial charge in [-0.2, -0.15) is 0 Å². The van der Waals surface area contributed by atoms with Gasteiger partial charge >= 0.3 is 0 Å². The van der Waals surface area contributed by atoms with Crippen molar-refractivity contribution >= 4 is 0 Å². The van der Waals surface area contributed by atoms with Gasteiger partial charge in [-0.1, -0.05) is 32.3 Å². The molecule has 0 saturated carbocycles. The van der Waals surface area contributed by atoms with E-state index in [0.717, 1.165) is 12.8 Å². The Hall–Kier alpha value is -0.730. The summed E-state index contributed by atoms with van der Waals surface area (Å²) in [5.74, 6) is 0. The summed E-state index contributed by atoms with van der Waals surface area (Å²) in [4.78, 5) is 2.75. The third-order valence-electron chi connectivity index (χ3n) is 2.76. The molecule has 0 amide bonds. The second-order valence-electron chi connectivity index (χ2n) is 5.67. The monoisotopic (exact) mass is 226 g/mol. The molecule has 0 aromatic carbocycles. The maximum atomic E-state index is 8.09. The molecule has 1 heterocycles. The van der Waals surface area contributed by atoms with Crippen LogP contribution in [0.4, 0.5) is 0 Å². The summed E-state index contributed by atoms with van der Waals surface area (Å²) < 4.78 is 0. The standard InChI is InChI=1S/C6H13N3.C6H13N/c1-4-5-6(2,3)8-9-7;1-6(2)4-3-5-7-6/h4-5H2,1-3H3;7H,3-5H2,1-2H3. The Labute approximate surface area is 99.4 Å². The van der Waals surface area contributed by atoms with Gasteiger partial charge in [0, 0.05) is 16.0 Å². The lowest BCUT2D eigenvalue weighted by molar-refractivity contribution is 0.460. The summed E-state index contributed by atoms with van der Waals surface area (Å²) in [5, 5.41) is 7.02. The lowest BCUT2D eigenvalue weighted by Gasteiger charge is -2.15. The number of hydrogen-bond donors (Lipinski definition) is 1. The maximum absolute atomic E-state index is 8.09. The van der Waals surface area contributed by atoms with Crippen molar-refractivity contribution in [3.63, 3.8) is 0 Å². The highest BCUT2D eigenvalue weighted by molar-refractivity contribution is 4.82. The van der Waals surface area contributed by atoms with Gasteiger partial charge in [-0.05, 0) is 45.2 Å². The van der Waals surface area contributed by atoms with E-state index in [9.17, 15) is 0 Å². The summed E-state index contributed by atoms with van der Waals surface area (Å²) >= 11 is 0. The number of rotatable bonds is 3. The van der Waals surface area contributed by atoms with Crippen LogP contribution in [0.3, 0.4) is 0 Å². The van der Waals surface area contributed by atoms with Crippen LogP contribution in [-0.2, 0) is 0 Å². The van der Waals surface area contributed by atoms with Crippen LogP contribution in [0.1, 0.15) is 60.3 Å². The first-order valence-electron chi connectivity index (χ1n) is 6.14. The van der Waals surface area contributed by atoms with Gasteiger partial charge in [0.25, 0.3) is 0 Å². The van der Waals surface area contributed by atoms with E-state index in [1.165, 1.54) is 19.4 Å². The van der Waals surface area contributed by atoms with Crippen molar-refractivity contribution in [3.05, 3.63) is 10.4 Å². The molecule has 0 unspecified atom stereocenters. The Morgan fingerprint density at radius 1 is 1.44 bits per heavy atom. The third kappa shape index (κ3) is 7.55. The first kappa shape index (κ1) is 15.3. The molecule has 16 heavy (non-hydrogen) atoms. The van der Waals surface area contributed by atoms with E-state index in [1.807, 2.05) is 13.8 Å². The zero-order valence-electron chi connectivity index (χ0n) is 11.4. The summed E-state index contributed by atoms with van der Waals surface area (Å²) in [6.45, 7) is 11.7. The lowest BCUT2D eigenvalue weighted by Crippen LogP contribution is -2.31. The second kappa shape index (κ2) is 6.77. The largest absolute Gasteiger partial charge is 0.312 e. The highest BCUT2D eigenvalue weighted by Crippen LogP contribution is 2.16. The number of nitrogens with zero attached hydrogens (tertiary/aromatic N) is 3. The number of azide groups is 1. The summed E-state index contributed by atoms with van der Waals surface area (Å²) in [6, 6.07) is 0. The molecule has 0 aliphatic carbocycles. The van der Waals surface area contributed by atoms with Crippen molar-refractivity contribution in [2.45, 2.75) is 71.4 Å². The highest BCUT2D eigenvalue weighted by atomic mass is 15.2. The van der Waals surface area contributed by atoms with Gasteiger partial charge in [0.2, 0.25) is 0 Å². The Bertz CT molecular complexity index is 231. The molecule has 1 fully saturated rings. The van der Waals surface area contributed by atoms with E-state index in [0.29, 0.717) is 5.54 Å². The van der Waals surface area contributed by atoms with E-state index in [-0.39, 0.29) is 5.54 Å². The minimum Gasteiger partial charge on any atom is -0.312 e. The molecule has 0 aromatic rings. The van der Waals surface area contributed by atoms with Gasteiger partial charge in [0.1, 0.15) is 0 Å². The molecule has 4 nitrogen and oxygen atoms in total. The van der Waals surface area contributed by atoms with Crippen LogP contribution in [0, 0.1) is 0 Å². The topological polar surface area (TPSA) is 60.8 Å². The molecular formula is C12H26N4. The molecule has 1 aliphatic rings. The fourth-order valence-corrected chi connectivity index (χ4v) is 1.83. The molecule has 0 radical (unpaired) electrons. The van der Waals surface area contributed by atoms with E-state index in [2.05, 4.69) is 36.1 Å². The molecule has 94 valence electrons. The predicted molar refractivity (Wildman–Crippen MR) is 69.4 cm³/mol. The van der Waals surface area contributed by atoms with Crippen molar-refractivity contribution in [2.75, 3.05) is 6.54 Å². The molecule has 1 aliphatic heterocycles. The van der Waals surface area contributed by atoms with E-state index in [1.54, 1.807) is 0 Å². The summed E-state index contributed by atoms with van der Waals surface area (Å²) in [6.07, 6.45) is 4.71. The van der Waals surface area contributed by atoms with Crippen molar-refractivity contribution in [3.8, 4) is 0 Å². The smallest absolute Gasteiger partial charge is 0.0432 e. The van der Waals surface area contributed by atoms with Crippen molar-refractivity contribution < 1.29 is 0 Å². The lowest BCUT2D eigenvalue weighted by atomic mass is 10.0. The zero-order chi connectivity index (χ0) is 12.7. The first-order valence-corrected chi connectivity index (χ1v) is 6.14. The van der Waals surface area contributed by atoms with Crippen molar-refractivity contribution in [2.24, 2.45) is 5.11 Å². The molecule has 0 bridgehead atoms. The Morgan fingerprint density at radius 2 is 2.06 bits per heavy atom. The van der Waals surface area contributed by atoms with Crippen LogP contribution >= 0.6 is 0 Å². The SMILES string of the molecule is CC1(C)CCCN1.CCCC(C)(C)N=[N+]=[N-]. The quantitative estimate of drug-likeness (QED) is 0.441. The van der Waals surface area contributed by atoms with Crippen molar-refractivity contribution in [1.82, 2.24) is 5.32 Å². The van der Waals surface area contributed by atoms with Gasteiger partial charge in [0.15, 0.2) is 0 Å². The minimum atomic E-state index is -0.191. The van der Waals surface area contributed by atoms with E-state index >= 15 is 0 Å². The normalized spacial score (nSPS) is 18.3. The van der Waals surface area contributed by atoms with Crippen LogP contribution in [0.2, 0.25) is 0 Å². The van der Waals surface area contributed by atoms with Crippen LogP contribution in [0.15, 0.2) is 5.11 Å². The number of hydrogen-bond acceptors (Lipinski definition) is 2. The van der Waals surface area contributed by atoms with Gasteiger partial charge in [-0.3, -0.25) is 0 Å². The second-order valence-corrected chi connectivity index (χ2v) is 5.67. The molecule has 1 N–H and O–H groups in total. The fraction of sp³-hybridized carbons (Fsp3) is 1.00. The van der Waals surface area contributed by atoms with E-state index in [4.69, 9.17) is 5.53 Å². The molecule has 0 spiro atoms. The van der Waals surface area contributed by atoms with Gasteiger partial charge in [0.05, 0.1) is 0 Å². The van der Waals surface area contributed by atoms with E-state index < -0.39 is 0 Å². The molecular weight excluding hydrogens is 200 g/mol. The third-order valence-corrected chi connectivity index (χ3v) is 2.76.